The molecule has 1 saturated carbocycles. The molecule has 1 fully saturated rings. The van der Waals surface area contributed by atoms with E-state index in [2.05, 4.69) is 29.7 Å². The van der Waals surface area contributed by atoms with Crippen LogP contribution in [0.1, 0.15) is 44.0 Å². The lowest BCUT2D eigenvalue weighted by atomic mass is 9.87. The van der Waals surface area contributed by atoms with E-state index in [0.29, 0.717) is 5.92 Å². The Morgan fingerprint density at radius 2 is 2.18 bits per heavy atom. The van der Waals surface area contributed by atoms with E-state index in [-0.39, 0.29) is 0 Å². The highest BCUT2D eigenvalue weighted by Gasteiger charge is 2.25. The van der Waals surface area contributed by atoms with Crippen LogP contribution in [-0.2, 0) is 13.0 Å². The van der Waals surface area contributed by atoms with Gasteiger partial charge in [0.25, 0.3) is 0 Å². The van der Waals surface area contributed by atoms with E-state index in [0.717, 1.165) is 31.1 Å². The van der Waals surface area contributed by atoms with Gasteiger partial charge in [-0.2, -0.15) is 5.10 Å². The van der Waals surface area contributed by atoms with Crippen molar-refractivity contribution in [2.75, 3.05) is 6.54 Å². The summed E-state index contributed by atoms with van der Waals surface area (Å²) in [6, 6.07) is 2.22. The summed E-state index contributed by atoms with van der Waals surface area (Å²) >= 11 is 0. The van der Waals surface area contributed by atoms with Crippen molar-refractivity contribution in [3.63, 3.8) is 0 Å². The molecule has 0 radical (unpaired) electrons. The first-order valence-corrected chi connectivity index (χ1v) is 6.98. The number of nitrogens with zero attached hydrogens (tertiary/aromatic N) is 2. The van der Waals surface area contributed by atoms with Crippen LogP contribution in [0.4, 0.5) is 0 Å². The molecule has 1 aliphatic carbocycles. The molecule has 1 atom stereocenters. The maximum absolute atomic E-state index is 5.97. The number of aromatic nitrogens is 2. The molecule has 3 heteroatoms. The quantitative estimate of drug-likeness (QED) is 0.852. The minimum atomic E-state index is 0.652. The summed E-state index contributed by atoms with van der Waals surface area (Å²) in [6.07, 6.45) is 6.65. The van der Waals surface area contributed by atoms with Gasteiger partial charge in [-0.25, -0.2) is 0 Å². The van der Waals surface area contributed by atoms with Crippen LogP contribution in [0.5, 0.6) is 0 Å². The molecule has 2 rings (SSSR count). The minimum absolute atomic E-state index is 0.652. The number of nitrogens with two attached hydrogens (primary N) is 1. The Bertz CT molecular complexity index is 350. The SMILES string of the molecule is CCn1nc(C)cc1CC(CN)C1CCCC1. The standard InChI is InChI=1S/C14H25N3/c1-3-17-14(8-11(2)16-17)9-13(10-15)12-6-4-5-7-12/h8,12-13H,3-7,9-10,15H2,1-2H3. The van der Waals surface area contributed by atoms with Crippen LogP contribution < -0.4 is 5.73 Å². The molecule has 1 aliphatic rings. The molecule has 3 nitrogen and oxygen atoms in total. The molecule has 17 heavy (non-hydrogen) atoms. The number of rotatable bonds is 5. The van der Waals surface area contributed by atoms with Crippen molar-refractivity contribution in [3.8, 4) is 0 Å². The van der Waals surface area contributed by atoms with Gasteiger partial charge >= 0.3 is 0 Å². The van der Waals surface area contributed by atoms with Gasteiger partial charge in [0.05, 0.1) is 5.69 Å². The van der Waals surface area contributed by atoms with Gasteiger partial charge in [0.2, 0.25) is 0 Å². The Kier molecular flexibility index (Phi) is 4.21. The summed E-state index contributed by atoms with van der Waals surface area (Å²) in [6.45, 7) is 6.01. The third-order valence-electron chi connectivity index (χ3n) is 4.13. The highest BCUT2D eigenvalue weighted by atomic mass is 15.3. The van der Waals surface area contributed by atoms with Gasteiger partial charge in [-0.05, 0) is 44.7 Å². The molecule has 0 saturated heterocycles. The highest BCUT2D eigenvalue weighted by Crippen LogP contribution is 2.32. The van der Waals surface area contributed by atoms with Crippen LogP contribution in [0, 0.1) is 18.8 Å². The second-order valence-electron chi connectivity index (χ2n) is 5.34. The summed E-state index contributed by atoms with van der Waals surface area (Å²) in [4.78, 5) is 0. The topological polar surface area (TPSA) is 43.8 Å². The van der Waals surface area contributed by atoms with Crippen molar-refractivity contribution >= 4 is 0 Å². The van der Waals surface area contributed by atoms with Crippen LogP contribution in [-0.4, -0.2) is 16.3 Å². The fourth-order valence-corrected chi connectivity index (χ4v) is 3.18. The predicted octanol–water partition coefficient (Wildman–Crippen LogP) is 2.52. The zero-order valence-electron chi connectivity index (χ0n) is 11.2. The van der Waals surface area contributed by atoms with Crippen LogP contribution in [0.3, 0.4) is 0 Å². The predicted molar refractivity (Wildman–Crippen MR) is 70.8 cm³/mol. The maximum Gasteiger partial charge on any atom is 0.0596 e. The molecule has 1 heterocycles. The summed E-state index contributed by atoms with van der Waals surface area (Å²) < 4.78 is 2.13. The Morgan fingerprint density at radius 1 is 1.47 bits per heavy atom. The first-order valence-electron chi connectivity index (χ1n) is 6.98. The van der Waals surface area contributed by atoms with Gasteiger partial charge in [-0.15, -0.1) is 0 Å². The van der Waals surface area contributed by atoms with E-state index in [4.69, 9.17) is 5.73 Å². The van der Waals surface area contributed by atoms with Gasteiger partial charge in [-0.3, -0.25) is 4.68 Å². The molecule has 1 aromatic heterocycles. The van der Waals surface area contributed by atoms with Crippen LogP contribution in [0.15, 0.2) is 6.07 Å². The highest BCUT2D eigenvalue weighted by molar-refractivity contribution is 5.10. The number of aryl methyl sites for hydroxylation is 2. The van der Waals surface area contributed by atoms with E-state index in [1.165, 1.54) is 31.4 Å². The fraction of sp³-hybridized carbons (Fsp3) is 0.786. The molecule has 96 valence electrons. The third kappa shape index (κ3) is 2.89. The van der Waals surface area contributed by atoms with Crippen molar-refractivity contribution in [2.24, 2.45) is 17.6 Å². The Morgan fingerprint density at radius 3 is 2.76 bits per heavy atom. The van der Waals surface area contributed by atoms with Crippen LogP contribution in [0.2, 0.25) is 0 Å². The Labute approximate surface area is 104 Å². The molecule has 0 aliphatic heterocycles. The molecule has 0 amide bonds. The van der Waals surface area contributed by atoms with Crippen molar-refractivity contribution in [1.82, 2.24) is 9.78 Å². The number of hydrogen-bond acceptors (Lipinski definition) is 2. The summed E-state index contributed by atoms with van der Waals surface area (Å²) in [7, 11) is 0. The summed E-state index contributed by atoms with van der Waals surface area (Å²) in [5.74, 6) is 1.50. The monoisotopic (exact) mass is 235 g/mol. The van der Waals surface area contributed by atoms with Crippen LogP contribution >= 0.6 is 0 Å². The largest absolute Gasteiger partial charge is 0.330 e. The molecule has 0 spiro atoms. The molecule has 0 bridgehead atoms. The van der Waals surface area contributed by atoms with E-state index in [1.54, 1.807) is 0 Å². The van der Waals surface area contributed by atoms with Crippen LogP contribution in [0.25, 0.3) is 0 Å². The van der Waals surface area contributed by atoms with E-state index in [9.17, 15) is 0 Å². The molecule has 1 unspecified atom stereocenters. The lowest BCUT2D eigenvalue weighted by molar-refractivity contribution is 0.337. The van der Waals surface area contributed by atoms with Gasteiger partial charge in [0.15, 0.2) is 0 Å². The zero-order valence-corrected chi connectivity index (χ0v) is 11.2. The van der Waals surface area contributed by atoms with Crippen molar-refractivity contribution in [2.45, 2.75) is 52.5 Å². The second kappa shape index (κ2) is 5.67. The Balaban J connectivity index is 2.06. The van der Waals surface area contributed by atoms with Gasteiger partial charge in [-0.1, -0.05) is 25.7 Å². The molecule has 0 aromatic carbocycles. The number of hydrogen-bond donors (Lipinski definition) is 1. The smallest absolute Gasteiger partial charge is 0.0596 e. The molecular weight excluding hydrogens is 210 g/mol. The minimum Gasteiger partial charge on any atom is -0.330 e. The fourth-order valence-electron chi connectivity index (χ4n) is 3.18. The van der Waals surface area contributed by atoms with Crippen molar-refractivity contribution in [3.05, 3.63) is 17.5 Å². The summed E-state index contributed by atoms with van der Waals surface area (Å²) in [5, 5.41) is 4.52. The first kappa shape index (κ1) is 12.6. The van der Waals surface area contributed by atoms with Gasteiger partial charge < -0.3 is 5.73 Å². The van der Waals surface area contributed by atoms with E-state index in [1.807, 2.05) is 0 Å². The van der Waals surface area contributed by atoms with E-state index >= 15 is 0 Å². The molecular formula is C14H25N3. The van der Waals surface area contributed by atoms with Crippen molar-refractivity contribution in [1.29, 1.82) is 0 Å². The van der Waals surface area contributed by atoms with E-state index < -0.39 is 0 Å². The maximum atomic E-state index is 5.97. The second-order valence-corrected chi connectivity index (χ2v) is 5.34. The average molecular weight is 235 g/mol. The average Bonchev–Trinajstić information content (AvgIpc) is 2.94. The third-order valence-corrected chi connectivity index (χ3v) is 4.13. The van der Waals surface area contributed by atoms with Gasteiger partial charge in [0, 0.05) is 12.2 Å². The summed E-state index contributed by atoms with van der Waals surface area (Å²) in [5.41, 5.74) is 8.47. The Hall–Kier alpha value is -0.830. The molecule has 1 aromatic rings. The van der Waals surface area contributed by atoms with Crippen molar-refractivity contribution < 1.29 is 0 Å². The lowest BCUT2D eigenvalue weighted by Gasteiger charge is -2.21. The first-order chi connectivity index (χ1) is 8.24. The lowest BCUT2D eigenvalue weighted by Crippen LogP contribution is -2.25. The zero-order chi connectivity index (χ0) is 12.3. The normalized spacial score (nSPS) is 18.8. The molecule has 2 N–H and O–H groups in total. The van der Waals surface area contributed by atoms with Gasteiger partial charge in [0.1, 0.15) is 0 Å².